The second-order valence-electron chi connectivity index (χ2n) is 9.17. The van der Waals surface area contributed by atoms with Crippen LogP contribution in [0.5, 0.6) is 11.5 Å². The fourth-order valence-electron chi connectivity index (χ4n) is 4.63. The van der Waals surface area contributed by atoms with Crippen LogP contribution >= 0.6 is 0 Å². The van der Waals surface area contributed by atoms with Crippen molar-refractivity contribution >= 4 is 17.4 Å². The molecule has 1 atom stereocenters. The predicted molar refractivity (Wildman–Crippen MR) is 137 cm³/mol. The van der Waals surface area contributed by atoms with Gasteiger partial charge >= 0.3 is 0 Å². The van der Waals surface area contributed by atoms with E-state index >= 15 is 0 Å². The molecule has 188 valence electrons. The molecule has 1 fully saturated rings. The molecule has 2 aromatic carbocycles. The lowest BCUT2D eigenvalue weighted by atomic mass is 9.91. The number of likely N-dealkylation sites (N-methyl/N-ethyl adjacent to an activating group) is 1. The molecule has 0 saturated carbocycles. The first-order chi connectivity index (χ1) is 16.6. The van der Waals surface area contributed by atoms with Crippen molar-refractivity contribution in [2.24, 2.45) is 0 Å². The number of phenolic OH excluding ortho intramolecular Hbond substituents is 1. The van der Waals surface area contributed by atoms with Gasteiger partial charge in [0.2, 0.25) is 0 Å². The van der Waals surface area contributed by atoms with E-state index in [4.69, 9.17) is 4.74 Å². The minimum absolute atomic E-state index is 0.0585. The van der Waals surface area contributed by atoms with Gasteiger partial charge in [0.25, 0.3) is 11.7 Å². The highest BCUT2D eigenvalue weighted by molar-refractivity contribution is 6.46. The quantitative estimate of drug-likeness (QED) is 0.310. The number of ether oxygens (including phenoxy) is 1. The number of aliphatic hydroxyl groups is 1. The van der Waals surface area contributed by atoms with Crippen molar-refractivity contribution in [3.8, 4) is 11.5 Å². The normalized spacial score (nSPS) is 17.6. The average molecular weight is 481 g/mol. The Hall–Kier alpha value is -3.32. The van der Waals surface area contributed by atoms with Gasteiger partial charge in [-0.3, -0.25) is 9.59 Å². The van der Waals surface area contributed by atoms with E-state index < -0.39 is 17.7 Å². The summed E-state index contributed by atoms with van der Waals surface area (Å²) in [5, 5.41) is 21.3. The highest BCUT2D eigenvalue weighted by Crippen LogP contribution is 2.41. The van der Waals surface area contributed by atoms with Gasteiger partial charge in [-0.25, -0.2) is 0 Å². The molecule has 2 N–H and O–H groups in total. The zero-order valence-corrected chi connectivity index (χ0v) is 21.5. The summed E-state index contributed by atoms with van der Waals surface area (Å²) in [6, 6.07) is 9.34. The number of carbonyl (C=O) groups is 2. The molecule has 0 radical (unpaired) electrons. The number of aliphatic hydroxyl groups excluding tert-OH is 1. The van der Waals surface area contributed by atoms with Gasteiger partial charge < -0.3 is 24.7 Å². The summed E-state index contributed by atoms with van der Waals surface area (Å²) in [5.41, 5.74) is 2.85. The third-order valence-electron chi connectivity index (χ3n) is 6.75. The van der Waals surface area contributed by atoms with Crippen molar-refractivity contribution in [3.05, 3.63) is 64.2 Å². The van der Waals surface area contributed by atoms with Gasteiger partial charge in [-0.05, 0) is 66.9 Å². The highest BCUT2D eigenvalue weighted by atomic mass is 16.5. The van der Waals surface area contributed by atoms with Crippen LogP contribution in [0.4, 0.5) is 0 Å². The predicted octanol–water partition coefficient (Wildman–Crippen LogP) is 4.60. The van der Waals surface area contributed by atoms with Crippen LogP contribution in [0.2, 0.25) is 0 Å². The van der Waals surface area contributed by atoms with Gasteiger partial charge in [0, 0.05) is 18.7 Å². The second-order valence-corrected chi connectivity index (χ2v) is 9.17. The summed E-state index contributed by atoms with van der Waals surface area (Å²) in [7, 11) is 1.60. The van der Waals surface area contributed by atoms with Crippen LogP contribution in [-0.4, -0.2) is 65.0 Å². The summed E-state index contributed by atoms with van der Waals surface area (Å²) in [6.07, 6.45) is 0. The van der Waals surface area contributed by atoms with Crippen molar-refractivity contribution in [1.29, 1.82) is 0 Å². The molecular weight excluding hydrogens is 444 g/mol. The number of hydrogen-bond donors (Lipinski definition) is 2. The van der Waals surface area contributed by atoms with Crippen LogP contribution in [0.25, 0.3) is 5.76 Å². The van der Waals surface area contributed by atoms with Crippen LogP contribution in [-0.2, 0) is 9.59 Å². The average Bonchev–Trinajstić information content (AvgIpc) is 3.09. The lowest BCUT2D eigenvalue weighted by Crippen LogP contribution is -2.38. The number of aryl methyl sites for hydroxylation is 1. The Labute approximate surface area is 207 Å². The number of amides is 1. The Morgan fingerprint density at radius 2 is 1.74 bits per heavy atom. The van der Waals surface area contributed by atoms with E-state index in [0.717, 1.165) is 24.2 Å². The van der Waals surface area contributed by atoms with Crippen LogP contribution < -0.4 is 4.74 Å². The smallest absolute Gasteiger partial charge is 0.295 e. The first-order valence-electron chi connectivity index (χ1n) is 12.1. The number of rotatable bonds is 9. The number of methoxy groups -OCH3 is 1. The third kappa shape index (κ3) is 5.20. The fraction of sp³-hybridized carbons (Fsp3) is 0.429. The topological polar surface area (TPSA) is 90.3 Å². The minimum Gasteiger partial charge on any atom is -0.508 e. The molecule has 1 amide bonds. The molecule has 1 unspecified atom stereocenters. The standard InChI is InChI=1S/C28H36N2O5/c1-7-29(8-2)13-14-30-25(19-9-11-20(31)12-10-19)24(27(33)28(30)34)26(32)22-16-21(17(3)4)23(35-6)15-18(22)5/h9-12,15-17,25,31-32H,7-8,13-14H2,1-6H3/b26-24+. The Morgan fingerprint density at radius 1 is 1.11 bits per heavy atom. The molecule has 35 heavy (non-hydrogen) atoms. The van der Waals surface area contributed by atoms with E-state index in [0.29, 0.717) is 30.0 Å². The van der Waals surface area contributed by atoms with Crippen LogP contribution in [0, 0.1) is 6.92 Å². The van der Waals surface area contributed by atoms with Gasteiger partial charge in [0.1, 0.15) is 17.3 Å². The molecule has 0 aromatic heterocycles. The summed E-state index contributed by atoms with van der Waals surface area (Å²) < 4.78 is 5.52. The van der Waals surface area contributed by atoms with Crippen molar-refractivity contribution in [3.63, 3.8) is 0 Å². The molecule has 1 aliphatic rings. The van der Waals surface area contributed by atoms with Gasteiger partial charge in [-0.2, -0.15) is 0 Å². The highest BCUT2D eigenvalue weighted by Gasteiger charge is 2.46. The van der Waals surface area contributed by atoms with E-state index in [1.165, 1.54) is 17.0 Å². The van der Waals surface area contributed by atoms with Crippen LogP contribution in [0.15, 0.2) is 42.0 Å². The molecule has 1 heterocycles. The Bertz CT molecular complexity index is 1120. The number of ketones is 1. The number of nitrogens with zero attached hydrogens (tertiary/aromatic N) is 2. The van der Waals surface area contributed by atoms with Crippen molar-refractivity contribution in [2.75, 3.05) is 33.3 Å². The zero-order chi connectivity index (χ0) is 25.9. The molecule has 0 spiro atoms. The molecule has 2 aromatic rings. The van der Waals surface area contributed by atoms with Crippen molar-refractivity contribution < 1.29 is 24.5 Å². The zero-order valence-electron chi connectivity index (χ0n) is 21.5. The van der Waals surface area contributed by atoms with Crippen molar-refractivity contribution in [2.45, 2.75) is 46.6 Å². The fourth-order valence-corrected chi connectivity index (χ4v) is 4.63. The molecule has 7 nitrogen and oxygen atoms in total. The maximum atomic E-state index is 13.3. The molecule has 1 saturated heterocycles. The number of Topliss-reactive ketones (excluding diaryl/α,β-unsaturated/α-hetero) is 1. The van der Waals surface area contributed by atoms with Gasteiger partial charge in [-0.15, -0.1) is 0 Å². The van der Waals surface area contributed by atoms with E-state index in [2.05, 4.69) is 4.90 Å². The van der Waals surface area contributed by atoms with E-state index in [1.807, 2.05) is 46.8 Å². The monoisotopic (exact) mass is 480 g/mol. The van der Waals surface area contributed by atoms with Gasteiger partial charge in [0.05, 0.1) is 18.7 Å². The van der Waals surface area contributed by atoms with E-state index in [9.17, 15) is 19.8 Å². The summed E-state index contributed by atoms with van der Waals surface area (Å²) >= 11 is 0. The number of hydrogen-bond acceptors (Lipinski definition) is 6. The van der Waals surface area contributed by atoms with Crippen LogP contribution in [0.1, 0.15) is 61.9 Å². The summed E-state index contributed by atoms with van der Waals surface area (Å²) in [6.45, 7) is 12.6. The number of phenols is 1. The lowest BCUT2D eigenvalue weighted by Gasteiger charge is -2.28. The number of carbonyl (C=O) groups excluding carboxylic acids is 2. The molecule has 1 aliphatic heterocycles. The SMILES string of the molecule is CCN(CC)CCN1C(=O)C(=O)/C(=C(/O)c2cc(C(C)C)c(OC)cc2C)C1c1ccc(O)cc1. The molecule has 3 rings (SSSR count). The van der Waals surface area contributed by atoms with Crippen molar-refractivity contribution in [1.82, 2.24) is 9.80 Å². The Kier molecular flexibility index (Phi) is 8.22. The number of benzene rings is 2. The maximum Gasteiger partial charge on any atom is 0.295 e. The van der Waals surface area contributed by atoms with E-state index in [-0.39, 0.29) is 23.0 Å². The van der Waals surface area contributed by atoms with Gasteiger partial charge in [-0.1, -0.05) is 39.8 Å². The minimum atomic E-state index is -0.754. The first kappa shape index (κ1) is 26.3. The second kappa shape index (κ2) is 11.0. The molecule has 7 heteroatoms. The lowest BCUT2D eigenvalue weighted by molar-refractivity contribution is -0.140. The molecule has 0 bridgehead atoms. The van der Waals surface area contributed by atoms with Gasteiger partial charge in [0.15, 0.2) is 0 Å². The third-order valence-corrected chi connectivity index (χ3v) is 6.75. The summed E-state index contributed by atoms with van der Waals surface area (Å²) in [5.74, 6) is -0.617. The molecular formula is C28H36N2O5. The van der Waals surface area contributed by atoms with E-state index in [1.54, 1.807) is 19.2 Å². The Morgan fingerprint density at radius 3 is 2.29 bits per heavy atom. The summed E-state index contributed by atoms with van der Waals surface area (Å²) in [4.78, 5) is 30.2. The number of likely N-dealkylation sites (tertiary alicyclic amines) is 1. The largest absolute Gasteiger partial charge is 0.508 e. The number of aromatic hydroxyl groups is 1. The first-order valence-corrected chi connectivity index (χ1v) is 12.1. The maximum absolute atomic E-state index is 13.3. The molecule has 0 aliphatic carbocycles. The Balaban J connectivity index is 2.19. The van der Waals surface area contributed by atoms with Crippen LogP contribution in [0.3, 0.4) is 0 Å².